The smallest absolute Gasteiger partial charge is 0.269 e. The molecule has 118 valence electrons. The molecule has 0 amide bonds. The van der Waals surface area contributed by atoms with Crippen molar-refractivity contribution in [1.82, 2.24) is 14.9 Å². The van der Waals surface area contributed by atoms with Gasteiger partial charge in [0.1, 0.15) is 5.01 Å². The number of aryl methyl sites for hydroxylation is 1. The molecule has 0 saturated carbocycles. The lowest BCUT2D eigenvalue weighted by Gasteiger charge is -2.05. The summed E-state index contributed by atoms with van der Waals surface area (Å²) < 4.78 is 26.4. The molecule has 2 aromatic rings. The van der Waals surface area contributed by atoms with E-state index in [1.807, 2.05) is 0 Å². The Morgan fingerprint density at radius 3 is 2.50 bits per heavy atom. The number of nitrogens with two attached hydrogens (primary N) is 1. The Morgan fingerprint density at radius 2 is 1.95 bits per heavy atom. The molecule has 2 rings (SSSR count). The predicted molar refractivity (Wildman–Crippen MR) is 80.9 cm³/mol. The van der Waals surface area contributed by atoms with E-state index in [2.05, 4.69) is 14.9 Å². The molecule has 3 N–H and O–H groups in total. The molecule has 11 heteroatoms. The fourth-order valence-corrected chi connectivity index (χ4v) is 3.37. The maximum absolute atomic E-state index is 12.0. The van der Waals surface area contributed by atoms with Crippen LogP contribution in [0.5, 0.6) is 0 Å². The molecule has 1 heterocycles. The molecule has 1 aromatic carbocycles. The minimum Gasteiger partial charge on any atom is -0.374 e. The van der Waals surface area contributed by atoms with Gasteiger partial charge in [-0.25, -0.2) is 13.1 Å². The molecule has 0 saturated heterocycles. The number of nitrogens with zero attached hydrogens (tertiary/aromatic N) is 3. The van der Waals surface area contributed by atoms with Crippen LogP contribution in [0.25, 0.3) is 0 Å². The van der Waals surface area contributed by atoms with E-state index < -0.39 is 14.9 Å². The molecule has 0 bridgehead atoms. The Labute approximate surface area is 130 Å². The van der Waals surface area contributed by atoms with E-state index in [4.69, 9.17) is 5.73 Å². The number of benzene rings is 1. The second-order valence-electron chi connectivity index (χ2n) is 4.29. The summed E-state index contributed by atoms with van der Waals surface area (Å²) >= 11 is 1.26. The van der Waals surface area contributed by atoms with Crippen molar-refractivity contribution in [3.8, 4) is 0 Å². The van der Waals surface area contributed by atoms with Gasteiger partial charge in [0.25, 0.3) is 5.69 Å². The Hall–Kier alpha value is -2.11. The molecule has 0 spiro atoms. The summed E-state index contributed by atoms with van der Waals surface area (Å²) in [5.41, 5.74) is 5.29. The first-order valence-corrected chi connectivity index (χ1v) is 8.50. The lowest BCUT2D eigenvalue weighted by Crippen LogP contribution is -2.25. The number of nitro benzene ring substituents is 1. The first-order valence-electron chi connectivity index (χ1n) is 6.20. The number of anilines is 1. The van der Waals surface area contributed by atoms with Gasteiger partial charge >= 0.3 is 0 Å². The van der Waals surface area contributed by atoms with Crippen molar-refractivity contribution in [2.24, 2.45) is 0 Å². The van der Waals surface area contributed by atoms with Crippen molar-refractivity contribution in [2.75, 3.05) is 12.3 Å². The summed E-state index contributed by atoms with van der Waals surface area (Å²) in [6.45, 7) is 0.221. The van der Waals surface area contributed by atoms with Crippen molar-refractivity contribution >= 4 is 32.2 Å². The highest BCUT2D eigenvalue weighted by Crippen LogP contribution is 2.16. The van der Waals surface area contributed by atoms with Crippen LogP contribution in [0, 0.1) is 10.1 Å². The van der Waals surface area contributed by atoms with E-state index in [0.717, 1.165) is 17.1 Å². The fourth-order valence-electron chi connectivity index (χ4n) is 1.64. The Bertz CT molecular complexity index is 757. The number of aromatic nitrogens is 2. The summed E-state index contributed by atoms with van der Waals surface area (Å²) in [4.78, 5) is 9.93. The van der Waals surface area contributed by atoms with Crippen LogP contribution in [0.2, 0.25) is 0 Å². The SMILES string of the molecule is Nc1nnc(CCCNS(=O)(=O)c2ccc([N+](=O)[O-])cc2)s1. The fraction of sp³-hybridized carbons (Fsp3) is 0.273. The quantitative estimate of drug-likeness (QED) is 0.433. The van der Waals surface area contributed by atoms with Crippen LogP contribution in [-0.2, 0) is 16.4 Å². The molecule has 0 aliphatic carbocycles. The van der Waals surface area contributed by atoms with Gasteiger partial charge in [-0.3, -0.25) is 10.1 Å². The average molecular weight is 343 g/mol. The summed E-state index contributed by atoms with van der Waals surface area (Å²) in [5, 5.41) is 19.2. The molecule has 0 unspecified atom stereocenters. The standard InChI is InChI=1S/C11H13N5O4S2/c12-11-15-14-10(21-11)2-1-7-13-22(19,20)9-5-3-8(4-6-9)16(17)18/h3-6,13H,1-2,7H2,(H2,12,15). The van der Waals surface area contributed by atoms with Crippen molar-refractivity contribution in [3.63, 3.8) is 0 Å². The van der Waals surface area contributed by atoms with Crippen molar-refractivity contribution in [3.05, 3.63) is 39.4 Å². The van der Waals surface area contributed by atoms with E-state index in [-0.39, 0.29) is 17.1 Å². The van der Waals surface area contributed by atoms with E-state index >= 15 is 0 Å². The van der Waals surface area contributed by atoms with Crippen LogP contribution in [0.3, 0.4) is 0 Å². The average Bonchev–Trinajstić information content (AvgIpc) is 2.89. The highest BCUT2D eigenvalue weighted by Gasteiger charge is 2.15. The molecule has 0 fully saturated rings. The number of non-ortho nitro benzene ring substituents is 1. The molecule has 0 atom stereocenters. The monoisotopic (exact) mass is 343 g/mol. The number of rotatable bonds is 7. The van der Waals surface area contributed by atoms with Gasteiger partial charge in [-0.05, 0) is 18.6 Å². The Kier molecular flexibility index (Phi) is 5.00. The predicted octanol–water partition coefficient (Wildman–Crippen LogP) is 0.940. The molecular weight excluding hydrogens is 330 g/mol. The minimum atomic E-state index is -3.68. The zero-order chi connectivity index (χ0) is 16.2. The summed E-state index contributed by atoms with van der Waals surface area (Å²) in [5.74, 6) is 0. The van der Waals surface area contributed by atoms with Gasteiger partial charge in [0.05, 0.1) is 9.82 Å². The second-order valence-corrected chi connectivity index (χ2v) is 7.15. The minimum absolute atomic E-state index is 0.0155. The summed E-state index contributed by atoms with van der Waals surface area (Å²) in [6, 6.07) is 4.70. The molecular formula is C11H13N5O4S2. The second kappa shape index (κ2) is 6.77. The molecule has 1 aromatic heterocycles. The third kappa shape index (κ3) is 4.19. The Balaban J connectivity index is 1.89. The van der Waals surface area contributed by atoms with Crippen LogP contribution < -0.4 is 10.5 Å². The topological polar surface area (TPSA) is 141 Å². The van der Waals surface area contributed by atoms with Gasteiger partial charge in [-0.15, -0.1) is 10.2 Å². The van der Waals surface area contributed by atoms with Gasteiger partial charge < -0.3 is 5.73 Å². The van der Waals surface area contributed by atoms with Gasteiger partial charge in [-0.1, -0.05) is 11.3 Å². The molecule has 0 aliphatic rings. The number of nitro groups is 1. The number of hydrogen-bond donors (Lipinski definition) is 2. The third-order valence-corrected chi connectivity index (χ3v) is 4.99. The number of hydrogen-bond acceptors (Lipinski definition) is 8. The van der Waals surface area contributed by atoms with Crippen LogP contribution >= 0.6 is 11.3 Å². The first-order chi connectivity index (χ1) is 10.4. The highest BCUT2D eigenvalue weighted by atomic mass is 32.2. The van der Waals surface area contributed by atoms with Crippen molar-refractivity contribution < 1.29 is 13.3 Å². The number of sulfonamides is 1. The van der Waals surface area contributed by atoms with Crippen molar-refractivity contribution in [1.29, 1.82) is 0 Å². The zero-order valence-corrected chi connectivity index (χ0v) is 12.9. The van der Waals surface area contributed by atoms with Gasteiger partial charge in [0.2, 0.25) is 15.2 Å². The van der Waals surface area contributed by atoms with Gasteiger partial charge in [0, 0.05) is 25.1 Å². The van der Waals surface area contributed by atoms with Crippen LogP contribution in [0.1, 0.15) is 11.4 Å². The molecule has 0 radical (unpaired) electrons. The maximum Gasteiger partial charge on any atom is 0.269 e. The third-order valence-electron chi connectivity index (χ3n) is 2.70. The first kappa shape index (κ1) is 16.3. The zero-order valence-electron chi connectivity index (χ0n) is 11.3. The maximum atomic E-state index is 12.0. The van der Waals surface area contributed by atoms with E-state index in [9.17, 15) is 18.5 Å². The summed E-state index contributed by atoms with van der Waals surface area (Å²) in [6.07, 6.45) is 1.11. The van der Waals surface area contributed by atoms with Crippen molar-refractivity contribution in [2.45, 2.75) is 17.7 Å². The van der Waals surface area contributed by atoms with E-state index in [0.29, 0.717) is 18.0 Å². The largest absolute Gasteiger partial charge is 0.374 e. The highest BCUT2D eigenvalue weighted by molar-refractivity contribution is 7.89. The molecule has 9 nitrogen and oxygen atoms in total. The van der Waals surface area contributed by atoms with Crippen LogP contribution in [0.15, 0.2) is 29.2 Å². The molecule has 22 heavy (non-hydrogen) atoms. The lowest BCUT2D eigenvalue weighted by molar-refractivity contribution is -0.384. The number of nitrogens with one attached hydrogen (secondary N) is 1. The Morgan fingerprint density at radius 1 is 1.27 bits per heavy atom. The van der Waals surface area contributed by atoms with E-state index in [1.165, 1.54) is 23.5 Å². The van der Waals surface area contributed by atoms with Crippen LogP contribution in [0.4, 0.5) is 10.8 Å². The van der Waals surface area contributed by atoms with Gasteiger partial charge in [0.15, 0.2) is 0 Å². The summed E-state index contributed by atoms with van der Waals surface area (Å²) in [7, 11) is -3.68. The van der Waals surface area contributed by atoms with Crippen LogP contribution in [-0.4, -0.2) is 30.1 Å². The van der Waals surface area contributed by atoms with E-state index in [1.54, 1.807) is 0 Å². The number of nitrogen functional groups attached to an aromatic ring is 1. The normalized spacial score (nSPS) is 11.5. The lowest BCUT2D eigenvalue weighted by atomic mass is 10.3. The molecule has 0 aliphatic heterocycles. The van der Waals surface area contributed by atoms with Gasteiger partial charge in [-0.2, -0.15) is 0 Å².